The Labute approximate surface area is 162 Å². The number of hydrogen-bond donors (Lipinski definition) is 1. The number of aliphatic hydroxyl groups is 1. The van der Waals surface area contributed by atoms with Gasteiger partial charge in [-0.1, -0.05) is 36.4 Å². The fourth-order valence-electron chi connectivity index (χ4n) is 4.58. The molecular formula is C22H23F2NO3. The molecule has 0 radical (unpaired) electrons. The van der Waals surface area contributed by atoms with Gasteiger partial charge in [0.2, 0.25) is 0 Å². The van der Waals surface area contributed by atoms with Crippen molar-refractivity contribution in [3.63, 3.8) is 0 Å². The van der Waals surface area contributed by atoms with E-state index in [0.29, 0.717) is 18.4 Å². The number of hydrogen-bond acceptors (Lipinski definition) is 3. The summed E-state index contributed by atoms with van der Waals surface area (Å²) in [5.41, 5.74) is 0.104. The van der Waals surface area contributed by atoms with Crippen LogP contribution >= 0.6 is 0 Å². The number of ether oxygens (including phenoxy) is 1. The number of benzene rings is 2. The van der Waals surface area contributed by atoms with Crippen LogP contribution in [0.15, 0.2) is 48.5 Å². The van der Waals surface area contributed by atoms with Gasteiger partial charge >= 0.3 is 6.09 Å². The fraction of sp³-hybridized carbons (Fsp3) is 0.409. The number of rotatable bonds is 4. The smallest absolute Gasteiger partial charge is 0.410 e. The van der Waals surface area contributed by atoms with E-state index < -0.39 is 17.2 Å². The maximum atomic E-state index is 14.0. The molecule has 2 fully saturated rings. The molecule has 1 N–H and O–H groups in total. The number of nitrogens with zero attached hydrogens (tertiary/aromatic N) is 1. The van der Waals surface area contributed by atoms with Crippen LogP contribution in [0.1, 0.15) is 36.8 Å². The van der Waals surface area contributed by atoms with Crippen molar-refractivity contribution in [1.29, 1.82) is 0 Å². The van der Waals surface area contributed by atoms with Crippen molar-refractivity contribution in [1.82, 2.24) is 4.90 Å². The quantitative estimate of drug-likeness (QED) is 0.855. The second-order valence-corrected chi connectivity index (χ2v) is 7.88. The molecule has 4 rings (SSSR count). The Kier molecular flexibility index (Phi) is 5.06. The van der Waals surface area contributed by atoms with Crippen molar-refractivity contribution in [2.75, 3.05) is 0 Å². The van der Waals surface area contributed by atoms with Gasteiger partial charge in [-0.2, -0.15) is 0 Å². The minimum Gasteiger partial charge on any atom is -0.445 e. The van der Waals surface area contributed by atoms with Crippen LogP contribution in [-0.2, 0) is 17.8 Å². The van der Waals surface area contributed by atoms with Crippen LogP contribution in [0.2, 0.25) is 0 Å². The lowest BCUT2D eigenvalue weighted by Gasteiger charge is -2.43. The Balaban J connectivity index is 1.41. The lowest BCUT2D eigenvalue weighted by molar-refractivity contribution is -0.0489. The summed E-state index contributed by atoms with van der Waals surface area (Å²) in [6.07, 6.45) is 2.05. The summed E-state index contributed by atoms with van der Waals surface area (Å²) in [5, 5.41) is 11.1. The molecule has 28 heavy (non-hydrogen) atoms. The first-order valence-electron chi connectivity index (χ1n) is 9.59. The molecule has 4 nitrogen and oxygen atoms in total. The van der Waals surface area contributed by atoms with E-state index in [1.54, 1.807) is 4.90 Å². The van der Waals surface area contributed by atoms with Crippen LogP contribution in [0.25, 0.3) is 0 Å². The highest BCUT2D eigenvalue weighted by Crippen LogP contribution is 2.42. The Morgan fingerprint density at radius 1 is 1.11 bits per heavy atom. The maximum absolute atomic E-state index is 14.0. The van der Waals surface area contributed by atoms with E-state index in [1.165, 1.54) is 12.1 Å². The first-order valence-corrected chi connectivity index (χ1v) is 9.59. The number of carbonyl (C=O) groups excluding carboxylic acids is 1. The van der Waals surface area contributed by atoms with Crippen LogP contribution in [0.4, 0.5) is 13.6 Å². The largest absolute Gasteiger partial charge is 0.445 e. The van der Waals surface area contributed by atoms with Gasteiger partial charge in [-0.05, 0) is 42.9 Å². The first kappa shape index (κ1) is 18.9. The lowest BCUT2D eigenvalue weighted by atomic mass is 9.81. The van der Waals surface area contributed by atoms with Crippen molar-refractivity contribution in [3.05, 3.63) is 71.3 Å². The molecule has 0 aromatic heterocycles. The van der Waals surface area contributed by atoms with Crippen molar-refractivity contribution < 1.29 is 23.4 Å². The summed E-state index contributed by atoms with van der Waals surface area (Å²) in [6.45, 7) is 0.209. The second-order valence-electron chi connectivity index (χ2n) is 7.88. The predicted octanol–water partition coefficient (Wildman–Crippen LogP) is 4.20. The summed E-state index contributed by atoms with van der Waals surface area (Å²) in [6, 6.07) is 12.6. The van der Waals surface area contributed by atoms with Gasteiger partial charge in [-0.15, -0.1) is 0 Å². The normalized spacial score (nSPS) is 26.3. The molecule has 2 unspecified atom stereocenters. The highest BCUT2D eigenvalue weighted by atomic mass is 19.1. The summed E-state index contributed by atoms with van der Waals surface area (Å²) in [4.78, 5) is 14.3. The monoisotopic (exact) mass is 387 g/mol. The van der Waals surface area contributed by atoms with E-state index in [9.17, 15) is 18.7 Å². The molecule has 0 spiro atoms. The van der Waals surface area contributed by atoms with Crippen molar-refractivity contribution >= 4 is 6.09 Å². The van der Waals surface area contributed by atoms with Crippen molar-refractivity contribution in [2.24, 2.45) is 0 Å². The van der Waals surface area contributed by atoms with Gasteiger partial charge in [-0.3, -0.25) is 0 Å². The average molecular weight is 387 g/mol. The highest BCUT2D eigenvalue weighted by Gasteiger charge is 2.50. The number of amides is 1. The zero-order valence-electron chi connectivity index (χ0n) is 15.5. The van der Waals surface area contributed by atoms with E-state index in [1.807, 2.05) is 30.3 Å². The maximum Gasteiger partial charge on any atom is 0.410 e. The topological polar surface area (TPSA) is 49.8 Å². The zero-order chi connectivity index (χ0) is 19.7. The molecular weight excluding hydrogens is 364 g/mol. The van der Waals surface area contributed by atoms with Gasteiger partial charge in [0.1, 0.15) is 18.2 Å². The third-order valence-electron chi connectivity index (χ3n) is 5.80. The fourth-order valence-corrected chi connectivity index (χ4v) is 4.58. The molecule has 2 bridgehead atoms. The Bertz CT molecular complexity index is 844. The van der Waals surface area contributed by atoms with Gasteiger partial charge in [0, 0.05) is 24.6 Å². The minimum atomic E-state index is -1.11. The second kappa shape index (κ2) is 7.51. The Hall–Kier alpha value is -2.47. The molecule has 2 atom stereocenters. The van der Waals surface area contributed by atoms with Gasteiger partial charge in [0.15, 0.2) is 0 Å². The number of halogens is 2. The summed E-state index contributed by atoms with van der Waals surface area (Å²) >= 11 is 0. The van der Waals surface area contributed by atoms with E-state index in [4.69, 9.17) is 4.74 Å². The lowest BCUT2D eigenvalue weighted by Crippen LogP contribution is -2.54. The standard InChI is InChI=1S/C22H23F2NO3/c23-17-7-6-16(20(24)10-17)11-22(27)12-18-8-9-19(13-22)25(18)21(26)28-14-15-4-2-1-3-5-15/h1-7,10,18-19,27H,8-9,11-14H2. The molecule has 2 aliphatic heterocycles. The molecule has 0 saturated carbocycles. The van der Waals surface area contributed by atoms with E-state index >= 15 is 0 Å². The van der Waals surface area contributed by atoms with Crippen LogP contribution in [0, 0.1) is 11.6 Å². The van der Waals surface area contributed by atoms with Crippen molar-refractivity contribution in [2.45, 2.75) is 56.4 Å². The van der Waals surface area contributed by atoms with Crippen LogP contribution in [0.5, 0.6) is 0 Å². The van der Waals surface area contributed by atoms with Gasteiger partial charge in [0.25, 0.3) is 0 Å². The molecule has 2 saturated heterocycles. The molecule has 0 aliphatic carbocycles. The number of carbonyl (C=O) groups is 1. The molecule has 2 aliphatic rings. The molecule has 148 valence electrons. The third kappa shape index (κ3) is 3.87. The zero-order valence-corrected chi connectivity index (χ0v) is 15.5. The van der Waals surface area contributed by atoms with E-state index in [0.717, 1.165) is 24.5 Å². The Morgan fingerprint density at radius 3 is 2.43 bits per heavy atom. The minimum absolute atomic E-state index is 0.110. The highest BCUT2D eigenvalue weighted by molar-refractivity contribution is 5.69. The van der Waals surface area contributed by atoms with E-state index in [2.05, 4.69) is 0 Å². The number of piperidine rings is 1. The summed E-state index contributed by atoms with van der Waals surface area (Å²) in [5.74, 6) is -1.28. The summed E-state index contributed by atoms with van der Waals surface area (Å²) in [7, 11) is 0. The predicted molar refractivity (Wildman–Crippen MR) is 99.5 cm³/mol. The van der Waals surface area contributed by atoms with Gasteiger partial charge in [-0.25, -0.2) is 13.6 Å². The first-order chi connectivity index (χ1) is 13.4. The van der Waals surface area contributed by atoms with Gasteiger partial charge in [0.05, 0.1) is 5.60 Å². The molecule has 1 amide bonds. The third-order valence-corrected chi connectivity index (χ3v) is 5.80. The van der Waals surface area contributed by atoms with E-state index in [-0.39, 0.29) is 31.2 Å². The van der Waals surface area contributed by atoms with Crippen LogP contribution in [-0.4, -0.2) is 33.8 Å². The van der Waals surface area contributed by atoms with Crippen molar-refractivity contribution in [3.8, 4) is 0 Å². The Morgan fingerprint density at radius 2 is 1.79 bits per heavy atom. The SMILES string of the molecule is O=C(OCc1ccccc1)N1C2CCC1CC(O)(Cc1ccc(F)cc1F)C2. The molecule has 2 aromatic carbocycles. The van der Waals surface area contributed by atoms with Crippen LogP contribution < -0.4 is 0 Å². The molecule has 6 heteroatoms. The van der Waals surface area contributed by atoms with Gasteiger partial charge < -0.3 is 14.7 Å². The summed E-state index contributed by atoms with van der Waals surface area (Å²) < 4.78 is 32.6. The van der Waals surface area contributed by atoms with Crippen LogP contribution in [0.3, 0.4) is 0 Å². The number of fused-ring (bicyclic) bond motifs is 2. The molecule has 2 heterocycles. The molecule has 2 aromatic rings. The average Bonchev–Trinajstić information content (AvgIpc) is 2.95.